The van der Waals surface area contributed by atoms with Crippen molar-refractivity contribution in [3.63, 3.8) is 0 Å². The quantitative estimate of drug-likeness (QED) is 0.428. The highest BCUT2D eigenvalue weighted by Gasteiger charge is 2.43. The van der Waals surface area contributed by atoms with Crippen LogP contribution in [0.4, 0.5) is 0 Å². The molecule has 0 heterocycles. The molecule has 0 atom stereocenters. The Hall–Kier alpha value is -1.23. The minimum atomic E-state index is -2.84. The lowest BCUT2D eigenvalue weighted by Crippen LogP contribution is -2.47. The molecular weight excluding hydrogens is 363 g/mol. The Morgan fingerprint density at radius 1 is 0.731 bits per heavy atom. The molecule has 0 aromatic heterocycles. The van der Waals surface area contributed by atoms with E-state index in [4.69, 9.17) is 13.3 Å². The largest absolute Gasteiger partial charge is 0.501 e. The van der Waals surface area contributed by atoms with E-state index in [1.807, 2.05) is 81.4 Å². The lowest BCUT2D eigenvalue weighted by molar-refractivity contribution is 0.0727. The first kappa shape index (κ1) is 21.1. The van der Waals surface area contributed by atoms with Crippen LogP contribution in [0.3, 0.4) is 0 Å². The van der Waals surface area contributed by atoms with Crippen LogP contribution in [0.5, 0.6) is 0 Å². The van der Waals surface area contributed by atoms with E-state index in [1.165, 1.54) is 0 Å². The first-order chi connectivity index (χ1) is 12.6. The van der Waals surface area contributed by atoms with Crippen LogP contribution in [0.15, 0.2) is 60.7 Å². The minimum absolute atomic E-state index is 0.466. The van der Waals surface area contributed by atoms with Crippen molar-refractivity contribution in [2.24, 2.45) is 0 Å². The first-order valence-electron chi connectivity index (χ1n) is 9.22. The molecule has 4 nitrogen and oxygen atoms in total. The predicted molar refractivity (Wildman–Crippen MR) is 110 cm³/mol. The van der Waals surface area contributed by atoms with Gasteiger partial charge in [0, 0.05) is 42.6 Å². The van der Waals surface area contributed by atoms with Crippen LogP contribution >= 0.6 is 7.14 Å². The van der Waals surface area contributed by atoms with Crippen molar-refractivity contribution in [3.05, 3.63) is 60.7 Å². The summed E-state index contributed by atoms with van der Waals surface area (Å²) in [5.74, 6) is 0. The molecule has 2 aromatic carbocycles. The molecule has 2 aromatic rings. The molecule has 6 heteroatoms. The highest BCUT2D eigenvalue weighted by molar-refractivity contribution is 7.78. The van der Waals surface area contributed by atoms with Crippen LogP contribution in [-0.2, 0) is 17.8 Å². The average molecular weight is 393 g/mol. The number of rotatable bonds is 11. The second-order valence-electron chi connectivity index (χ2n) is 5.87. The van der Waals surface area contributed by atoms with Crippen molar-refractivity contribution in [1.82, 2.24) is 0 Å². The molecule has 26 heavy (non-hydrogen) atoms. The molecule has 0 amide bonds. The zero-order valence-electron chi connectivity index (χ0n) is 15.9. The van der Waals surface area contributed by atoms with Gasteiger partial charge in [0.1, 0.15) is 7.14 Å². The predicted octanol–water partition coefficient (Wildman–Crippen LogP) is 4.05. The van der Waals surface area contributed by atoms with Crippen molar-refractivity contribution in [2.45, 2.75) is 26.8 Å². The van der Waals surface area contributed by atoms with Gasteiger partial charge in [-0.05, 0) is 20.8 Å². The summed E-state index contributed by atoms with van der Waals surface area (Å²) in [4.78, 5) is 0. The van der Waals surface area contributed by atoms with Gasteiger partial charge in [-0.2, -0.15) is 0 Å². The highest BCUT2D eigenvalue weighted by Crippen LogP contribution is 2.45. The van der Waals surface area contributed by atoms with E-state index >= 15 is 0 Å². The fourth-order valence-electron chi connectivity index (χ4n) is 3.04. The van der Waals surface area contributed by atoms with Gasteiger partial charge in [-0.3, -0.25) is 0 Å². The van der Waals surface area contributed by atoms with Crippen LogP contribution in [0, 0.1) is 0 Å². The Bertz CT molecular complexity index is 633. The number of hydrogen-bond acceptors (Lipinski definition) is 4. The van der Waals surface area contributed by atoms with E-state index in [2.05, 4.69) is 0 Å². The Balaban J connectivity index is 2.36. The van der Waals surface area contributed by atoms with Crippen LogP contribution in [0.1, 0.15) is 20.8 Å². The van der Waals surface area contributed by atoms with E-state index in [-0.39, 0.29) is 0 Å². The molecular formula is C20H29O4PSi. The van der Waals surface area contributed by atoms with Crippen LogP contribution < -0.4 is 10.6 Å². The summed E-state index contributed by atoms with van der Waals surface area (Å²) in [7, 11) is -5.64. The van der Waals surface area contributed by atoms with Crippen LogP contribution in [0.25, 0.3) is 0 Å². The maximum atomic E-state index is 14.1. The Labute approximate surface area is 158 Å². The second kappa shape index (κ2) is 10.2. The Morgan fingerprint density at radius 2 is 1.12 bits per heavy atom. The summed E-state index contributed by atoms with van der Waals surface area (Å²) >= 11 is 0. The van der Waals surface area contributed by atoms with E-state index in [0.29, 0.717) is 32.0 Å². The van der Waals surface area contributed by atoms with Gasteiger partial charge in [0.2, 0.25) is 0 Å². The normalized spacial score (nSPS) is 12.3. The molecule has 0 spiro atoms. The van der Waals surface area contributed by atoms with Crippen molar-refractivity contribution in [2.75, 3.05) is 26.0 Å². The summed E-state index contributed by atoms with van der Waals surface area (Å²) in [6.45, 7) is 7.38. The van der Waals surface area contributed by atoms with Crippen LogP contribution in [-0.4, -0.2) is 34.8 Å². The third-order valence-electron chi connectivity index (χ3n) is 4.17. The lowest BCUT2D eigenvalue weighted by Gasteiger charge is -2.30. The van der Waals surface area contributed by atoms with E-state index in [0.717, 1.165) is 10.6 Å². The van der Waals surface area contributed by atoms with Gasteiger partial charge in [0.05, 0.1) is 0 Å². The summed E-state index contributed by atoms with van der Waals surface area (Å²) in [6, 6.07) is 19.9. The standard InChI is InChI=1S/C20H29O4PSi/c1-4-22-26(23-5-2,24-6-3)18-17-25(21,19-13-9-7-10-14-19)20-15-11-8-12-16-20/h7-16H,4-6,17-18H2,1-3H3. The molecule has 0 fully saturated rings. The van der Waals surface area contributed by atoms with Gasteiger partial charge in [-0.25, -0.2) is 0 Å². The van der Waals surface area contributed by atoms with Crippen molar-refractivity contribution in [3.8, 4) is 0 Å². The molecule has 0 aliphatic carbocycles. The van der Waals surface area contributed by atoms with Gasteiger partial charge in [0.25, 0.3) is 0 Å². The van der Waals surface area contributed by atoms with Gasteiger partial charge < -0.3 is 17.8 Å². The van der Waals surface area contributed by atoms with Gasteiger partial charge in [0.15, 0.2) is 0 Å². The monoisotopic (exact) mass is 392 g/mol. The molecule has 0 saturated carbocycles. The summed E-state index contributed by atoms with van der Waals surface area (Å²) < 4.78 is 32.0. The second-order valence-corrected chi connectivity index (χ2v) is 11.6. The highest BCUT2D eigenvalue weighted by atomic mass is 31.2. The summed E-state index contributed by atoms with van der Waals surface area (Å²) in [5, 5.41) is 1.72. The average Bonchev–Trinajstić information content (AvgIpc) is 2.68. The summed E-state index contributed by atoms with van der Waals surface area (Å²) in [5.41, 5.74) is 0. The fraction of sp³-hybridized carbons (Fsp3) is 0.400. The molecule has 2 rings (SSSR count). The van der Waals surface area contributed by atoms with Crippen molar-refractivity contribution in [1.29, 1.82) is 0 Å². The van der Waals surface area contributed by atoms with Crippen molar-refractivity contribution < 1.29 is 17.8 Å². The van der Waals surface area contributed by atoms with Gasteiger partial charge in [-0.1, -0.05) is 60.7 Å². The number of hydrogen-bond donors (Lipinski definition) is 0. The Morgan fingerprint density at radius 3 is 1.46 bits per heavy atom. The fourth-order valence-corrected chi connectivity index (χ4v) is 9.52. The van der Waals surface area contributed by atoms with E-state index in [1.54, 1.807) is 0 Å². The third-order valence-corrected chi connectivity index (χ3v) is 10.8. The van der Waals surface area contributed by atoms with Crippen LogP contribution in [0.2, 0.25) is 6.04 Å². The van der Waals surface area contributed by atoms with Crippen molar-refractivity contribution >= 4 is 26.6 Å². The zero-order valence-corrected chi connectivity index (χ0v) is 17.8. The summed E-state index contributed by atoms with van der Waals surface area (Å²) in [6.07, 6.45) is 0.466. The molecule has 0 saturated heterocycles. The lowest BCUT2D eigenvalue weighted by atomic mass is 10.4. The van der Waals surface area contributed by atoms with Gasteiger partial charge >= 0.3 is 8.80 Å². The van der Waals surface area contributed by atoms with Gasteiger partial charge in [-0.15, -0.1) is 0 Å². The maximum absolute atomic E-state index is 14.1. The minimum Gasteiger partial charge on any atom is -0.374 e. The first-order valence-corrected chi connectivity index (χ1v) is 13.0. The molecule has 0 aliphatic rings. The SMILES string of the molecule is CCO[Si](CCP(=O)(c1ccccc1)c1ccccc1)(OCC)OCC. The molecule has 0 unspecified atom stereocenters. The molecule has 142 valence electrons. The molecule has 0 N–H and O–H groups in total. The zero-order chi connectivity index (χ0) is 18.9. The maximum Gasteiger partial charge on any atom is 0.501 e. The number of benzene rings is 2. The Kier molecular flexibility index (Phi) is 8.26. The van der Waals surface area contributed by atoms with E-state index < -0.39 is 15.9 Å². The topological polar surface area (TPSA) is 44.8 Å². The molecule has 0 bridgehead atoms. The third kappa shape index (κ3) is 5.15. The smallest absolute Gasteiger partial charge is 0.374 e. The molecule has 0 radical (unpaired) electrons. The molecule has 0 aliphatic heterocycles. The van der Waals surface area contributed by atoms with E-state index in [9.17, 15) is 4.57 Å².